The predicted molar refractivity (Wildman–Crippen MR) is 152 cm³/mol. The molecule has 0 unspecified atom stereocenters. The first-order chi connectivity index (χ1) is 17.2. The second-order valence-corrected chi connectivity index (χ2v) is 8.77. The van der Waals surface area contributed by atoms with Crippen molar-refractivity contribution in [2.24, 2.45) is 0 Å². The van der Waals surface area contributed by atoms with Gasteiger partial charge in [-0.1, -0.05) is 115 Å². The lowest BCUT2D eigenvalue weighted by Gasteiger charge is -2.37. The molecule has 0 amide bonds. The predicted octanol–water partition coefficient (Wildman–Crippen LogP) is 6.99. The van der Waals surface area contributed by atoms with Crippen molar-refractivity contribution in [1.29, 1.82) is 0 Å². The Morgan fingerprint density at radius 3 is 1.11 bits per heavy atom. The Bertz CT molecular complexity index is 1250. The van der Waals surface area contributed by atoms with Crippen molar-refractivity contribution in [2.45, 2.75) is 0 Å². The Hall–Kier alpha value is -4.24. The van der Waals surface area contributed by atoms with Crippen molar-refractivity contribution in [1.82, 2.24) is 0 Å². The summed E-state index contributed by atoms with van der Waals surface area (Å²) in [7, 11) is 4.38. The molecule has 5 rings (SSSR count). The van der Waals surface area contributed by atoms with Crippen molar-refractivity contribution in [3.63, 3.8) is 0 Å². The lowest BCUT2D eigenvalue weighted by Crippen LogP contribution is -2.59. The molecule has 0 aliphatic heterocycles. The van der Waals surface area contributed by atoms with Gasteiger partial charge in [-0.2, -0.15) is 0 Å². The summed E-state index contributed by atoms with van der Waals surface area (Å²) in [6.07, 6.45) is 0. The summed E-state index contributed by atoms with van der Waals surface area (Å²) in [5, 5.41) is 0. The van der Waals surface area contributed by atoms with E-state index in [2.05, 4.69) is 163 Å². The molecule has 3 heteroatoms. The van der Waals surface area contributed by atoms with Gasteiger partial charge < -0.3 is 9.62 Å². The van der Waals surface area contributed by atoms with Gasteiger partial charge in [-0.15, -0.1) is 0 Å². The number of hydrogen-bond donors (Lipinski definition) is 0. The van der Waals surface area contributed by atoms with Crippen molar-refractivity contribution in [3.8, 4) is 22.3 Å². The molecular formula is C32H29BN2. The topological polar surface area (TPSA) is 6.48 Å². The van der Waals surface area contributed by atoms with Gasteiger partial charge in [0.25, 0.3) is 0 Å². The first kappa shape index (κ1) is 22.6. The van der Waals surface area contributed by atoms with E-state index in [0.29, 0.717) is 0 Å². The van der Waals surface area contributed by atoms with Gasteiger partial charge in [0, 0.05) is 11.4 Å². The van der Waals surface area contributed by atoms with Crippen LogP contribution in [0.25, 0.3) is 22.3 Å². The Morgan fingerprint density at radius 1 is 0.400 bits per heavy atom. The van der Waals surface area contributed by atoms with Crippen LogP contribution in [0.15, 0.2) is 140 Å². The highest BCUT2D eigenvalue weighted by Gasteiger charge is 2.34. The molecule has 0 aliphatic rings. The SMILES string of the molecule is CN(B(c1c(-c2ccccc2)cccc1-c1ccccc1)N(C)c1ccccc1)c1ccccc1. The van der Waals surface area contributed by atoms with Crippen LogP contribution < -0.4 is 15.1 Å². The molecule has 0 aromatic heterocycles. The lowest BCUT2D eigenvalue weighted by atomic mass is 9.59. The molecular weight excluding hydrogens is 423 g/mol. The molecule has 0 saturated carbocycles. The van der Waals surface area contributed by atoms with E-state index in [-0.39, 0.29) is 6.98 Å². The minimum Gasteiger partial charge on any atom is -0.395 e. The molecule has 5 aromatic carbocycles. The average Bonchev–Trinajstić information content (AvgIpc) is 2.95. The largest absolute Gasteiger partial charge is 0.412 e. The summed E-state index contributed by atoms with van der Waals surface area (Å²) in [5.74, 6) is 0. The van der Waals surface area contributed by atoms with Crippen LogP contribution in [0.3, 0.4) is 0 Å². The number of nitrogens with zero attached hydrogens (tertiary/aromatic N) is 2. The summed E-state index contributed by atoms with van der Waals surface area (Å²) in [6, 6.07) is 49.4. The van der Waals surface area contributed by atoms with E-state index in [1.165, 1.54) is 39.1 Å². The van der Waals surface area contributed by atoms with Gasteiger partial charge in [-0.25, -0.2) is 0 Å². The Kier molecular flexibility index (Phi) is 6.67. The molecule has 0 saturated heterocycles. The standard InChI is InChI=1S/C32H29BN2/c1-34(28-20-11-5-12-21-28)33(35(2)29-22-13-6-14-23-29)32-30(26-16-7-3-8-17-26)24-15-25-31(32)27-18-9-4-10-19-27/h3-25H,1-2H3. The van der Waals surface area contributed by atoms with Crippen LogP contribution in [0, 0.1) is 0 Å². The molecule has 170 valence electrons. The first-order valence-corrected chi connectivity index (χ1v) is 12.0. The van der Waals surface area contributed by atoms with Gasteiger partial charge >= 0.3 is 6.98 Å². The second kappa shape index (κ2) is 10.4. The zero-order valence-corrected chi connectivity index (χ0v) is 20.3. The van der Waals surface area contributed by atoms with Crippen LogP contribution in [0.5, 0.6) is 0 Å². The number of hydrogen-bond acceptors (Lipinski definition) is 2. The van der Waals surface area contributed by atoms with Crippen LogP contribution in [0.1, 0.15) is 0 Å². The number of para-hydroxylation sites is 2. The lowest BCUT2D eigenvalue weighted by molar-refractivity contribution is 1.20. The van der Waals surface area contributed by atoms with Crippen LogP contribution in [-0.4, -0.2) is 21.1 Å². The van der Waals surface area contributed by atoms with E-state index < -0.39 is 0 Å². The molecule has 0 spiro atoms. The van der Waals surface area contributed by atoms with Crippen molar-refractivity contribution >= 4 is 23.8 Å². The van der Waals surface area contributed by atoms with E-state index in [9.17, 15) is 0 Å². The van der Waals surface area contributed by atoms with Gasteiger partial charge in [-0.3, -0.25) is 0 Å². The van der Waals surface area contributed by atoms with Gasteiger partial charge in [0.2, 0.25) is 0 Å². The highest BCUT2D eigenvalue weighted by atomic mass is 15.2. The van der Waals surface area contributed by atoms with Crippen molar-refractivity contribution < 1.29 is 0 Å². The maximum Gasteiger partial charge on any atom is 0.412 e. The van der Waals surface area contributed by atoms with Crippen LogP contribution in [0.4, 0.5) is 11.4 Å². The molecule has 0 fully saturated rings. The van der Waals surface area contributed by atoms with E-state index in [4.69, 9.17) is 0 Å². The first-order valence-electron chi connectivity index (χ1n) is 12.0. The smallest absolute Gasteiger partial charge is 0.395 e. The van der Waals surface area contributed by atoms with E-state index in [1.54, 1.807) is 0 Å². The van der Waals surface area contributed by atoms with Crippen molar-refractivity contribution in [3.05, 3.63) is 140 Å². The fraction of sp³-hybridized carbons (Fsp3) is 0.0625. The summed E-state index contributed by atoms with van der Waals surface area (Å²) in [4.78, 5) is 4.75. The number of benzene rings is 5. The molecule has 2 nitrogen and oxygen atoms in total. The summed E-state index contributed by atoms with van der Waals surface area (Å²) in [6.45, 7) is -0.0496. The minimum absolute atomic E-state index is 0.0496. The fourth-order valence-corrected chi connectivity index (χ4v) is 4.84. The fourth-order valence-electron chi connectivity index (χ4n) is 4.84. The second-order valence-electron chi connectivity index (χ2n) is 8.77. The zero-order valence-electron chi connectivity index (χ0n) is 20.3. The maximum absolute atomic E-state index is 2.38. The number of anilines is 2. The number of rotatable bonds is 7. The summed E-state index contributed by atoms with van der Waals surface area (Å²) >= 11 is 0. The monoisotopic (exact) mass is 452 g/mol. The molecule has 0 heterocycles. The van der Waals surface area contributed by atoms with E-state index in [1.807, 2.05) is 0 Å². The molecule has 0 aliphatic carbocycles. The van der Waals surface area contributed by atoms with Gasteiger partial charge in [0.05, 0.1) is 0 Å². The molecule has 35 heavy (non-hydrogen) atoms. The van der Waals surface area contributed by atoms with Crippen LogP contribution >= 0.6 is 0 Å². The van der Waals surface area contributed by atoms with Crippen LogP contribution in [0.2, 0.25) is 0 Å². The molecule has 0 atom stereocenters. The van der Waals surface area contributed by atoms with Gasteiger partial charge in [0.1, 0.15) is 0 Å². The normalized spacial score (nSPS) is 10.6. The summed E-state index contributed by atoms with van der Waals surface area (Å²) < 4.78 is 0. The molecule has 0 N–H and O–H groups in total. The van der Waals surface area contributed by atoms with Crippen LogP contribution in [-0.2, 0) is 0 Å². The Morgan fingerprint density at radius 2 is 0.743 bits per heavy atom. The van der Waals surface area contributed by atoms with E-state index in [0.717, 1.165) is 0 Å². The third-order valence-corrected chi connectivity index (χ3v) is 6.59. The maximum atomic E-state index is 2.38. The van der Waals surface area contributed by atoms with Gasteiger partial charge in [-0.05, 0) is 66.1 Å². The minimum atomic E-state index is -0.0496. The average molecular weight is 452 g/mol. The molecule has 5 aromatic rings. The molecule has 0 bridgehead atoms. The molecule has 0 radical (unpaired) electrons. The van der Waals surface area contributed by atoms with Gasteiger partial charge in [0.15, 0.2) is 0 Å². The Labute approximate surface area is 209 Å². The zero-order chi connectivity index (χ0) is 24.0. The quantitative estimate of drug-likeness (QED) is 0.246. The highest BCUT2D eigenvalue weighted by Crippen LogP contribution is 2.29. The third kappa shape index (κ3) is 4.71. The van der Waals surface area contributed by atoms with Crippen molar-refractivity contribution in [2.75, 3.05) is 23.7 Å². The van der Waals surface area contributed by atoms with E-state index >= 15 is 0 Å². The Balaban J connectivity index is 1.79. The third-order valence-electron chi connectivity index (χ3n) is 6.59. The highest BCUT2D eigenvalue weighted by molar-refractivity contribution is 6.82. The summed E-state index contributed by atoms with van der Waals surface area (Å²) in [5.41, 5.74) is 8.53.